The summed E-state index contributed by atoms with van der Waals surface area (Å²) in [4.78, 5) is 10.9. The van der Waals surface area contributed by atoms with E-state index < -0.39 is 0 Å². The van der Waals surface area contributed by atoms with Crippen molar-refractivity contribution in [2.24, 2.45) is 0 Å². The van der Waals surface area contributed by atoms with Crippen molar-refractivity contribution < 1.29 is 19.0 Å². The number of carbonyl (C=O) groups excluding carboxylic acids is 1. The quantitative estimate of drug-likeness (QED) is 0.325. The molecule has 0 spiro atoms. The Labute approximate surface area is 97.6 Å². The van der Waals surface area contributed by atoms with Gasteiger partial charge in [0.25, 0.3) is 0 Å². The van der Waals surface area contributed by atoms with Gasteiger partial charge in [0.05, 0.1) is 19.8 Å². The van der Waals surface area contributed by atoms with Crippen LogP contribution in [-0.2, 0) is 19.0 Å². The van der Waals surface area contributed by atoms with Crippen molar-refractivity contribution in [1.82, 2.24) is 0 Å². The molecule has 0 aliphatic carbocycles. The first-order valence-electron chi connectivity index (χ1n) is 5.46. The van der Waals surface area contributed by atoms with Crippen LogP contribution >= 0.6 is 0 Å². The molecule has 1 radical (unpaired) electrons. The van der Waals surface area contributed by atoms with Gasteiger partial charge in [-0.05, 0) is 13.3 Å². The molecule has 93 valence electrons. The topological polar surface area (TPSA) is 44.8 Å². The Bertz CT molecular complexity index is 201. The zero-order valence-corrected chi connectivity index (χ0v) is 10.00. The van der Waals surface area contributed by atoms with Crippen molar-refractivity contribution in [1.29, 1.82) is 0 Å². The van der Waals surface area contributed by atoms with Gasteiger partial charge in [0.2, 0.25) is 0 Å². The van der Waals surface area contributed by atoms with E-state index in [-0.39, 0.29) is 12.6 Å². The number of hydrogen-bond acceptors (Lipinski definition) is 4. The van der Waals surface area contributed by atoms with Crippen LogP contribution in [0.1, 0.15) is 19.8 Å². The van der Waals surface area contributed by atoms with Gasteiger partial charge in [-0.25, -0.2) is 4.79 Å². The van der Waals surface area contributed by atoms with Crippen LogP contribution in [-0.4, -0.2) is 39.0 Å². The summed E-state index contributed by atoms with van der Waals surface area (Å²) in [6.45, 7) is 11.2. The number of carbonyl (C=O) groups is 1. The normalized spacial score (nSPS) is 10.1. The van der Waals surface area contributed by atoms with Crippen molar-refractivity contribution in [2.45, 2.75) is 19.8 Å². The molecule has 0 bridgehead atoms. The van der Waals surface area contributed by atoms with Gasteiger partial charge in [-0.1, -0.05) is 19.9 Å². The molecule has 0 aromatic rings. The molecular weight excluding hydrogens is 208 g/mol. The molecule has 0 aromatic carbocycles. The minimum Gasteiger partial charge on any atom is -0.460 e. The highest BCUT2D eigenvalue weighted by Gasteiger charge is 2.01. The molecule has 0 atom stereocenters. The Balaban J connectivity index is 3.10. The molecule has 0 unspecified atom stereocenters. The first-order chi connectivity index (χ1) is 7.68. The number of unbranched alkanes of at least 4 members (excludes halogenated alkanes) is 1. The van der Waals surface area contributed by atoms with Crippen molar-refractivity contribution in [2.75, 3.05) is 33.0 Å². The summed E-state index contributed by atoms with van der Waals surface area (Å²) in [5.41, 5.74) is 0.400. The van der Waals surface area contributed by atoms with E-state index in [2.05, 4.69) is 13.5 Å². The smallest absolute Gasteiger partial charge is 0.333 e. The highest BCUT2D eigenvalue weighted by Crippen LogP contribution is 1.92. The molecule has 16 heavy (non-hydrogen) atoms. The van der Waals surface area contributed by atoms with E-state index in [9.17, 15) is 4.79 Å². The zero-order chi connectivity index (χ0) is 12.2. The van der Waals surface area contributed by atoms with E-state index in [1.807, 2.05) is 0 Å². The average Bonchev–Trinajstić information content (AvgIpc) is 2.26. The lowest BCUT2D eigenvalue weighted by Gasteiger charge is -2.06. The lowest BCUT2D eigenvalue weighted by atomic mass is 10.4. The lowest BCUT2D eigenvalue weighted by molar-refractivity contribution is -0.140. The van der Waals surface area contributed by atoms with Crippen LogP contribution in [0, 0.1) is 6.92 Å². The van der Waals surface area contributed by atoms with Crippen LogP contribution in [0.3, 0.4) is 0 Å². The van der Waals surface area contributed by atoms with Crippen LogP contribution in [0.25, 0.3) is 0 Å². The van der Waals surface area contributed by atoms with Crippen molar-refractivity contribution in [3.05, 3.63) is 19.1 Å². The maximum absolute atomic E-state index is 10.9. The molecule has 0 heterocycles. The van der Waals surface area contributed by atoms with Gasteiger partial charge >= 0.3 is 5.97 Å². The Kier molecular flexibility index (Phi) is 10.1. The number of ether oxygens (including phenoxy) is 3. The fraction of sp³-hybridized carbons (Fsp3) is 0.667. The van der Waals surface area contributed by atoms with Gasteiger partial charge < -0.3 is 14.2 Å². The molecule has 0 rings (SSSR count). The number of esters is 1. The zero-order valence-electron chi connectivity index (χ0n) is 10.00. The van der Waals surface area contributed by atoms with E-state index >= 15 is 0 Å². The van der Waals surface area contributed by atoms with E-state index in [1.165, 1.54) is 0 Å². The molecule has 0 N–H and O–H groups in total. The van der Waals surface area contributed by atoms with Crippen LogP contribution in [0.4, 0.5) is 0 Å². The van der Waals surface area contributed by atoms with Gasteiger partial charge in [-0.2, -0.15) is 0 Å². The van der Waals surface area contributed by atoms with E-state index in [0.29, 0.717) is 25.4 Å². The van der Waals surface area contributed by atoms with E-state index in [4.69, 9.17) is 14.2 Å². The lowest BCUT2D eigenvalue weighted by Crippen LogP contribution is -2.13. The standard InChI is InChI=1S/C12H21O4/c1-4-5-6-14-7-8-15-9-10-16-12(13)11(2)3/h1-2,4-10H2,3H3. The first kappa shape index (κ1) is 15.1. The van der Waals surface area contributed by atoms with Crippen LogP contribution in [0.2, 0.25) is 0 Å². The molecule has 4 nitrogen and oxygen atoms in total. The SMILES string of the molecule is [CH2]CCCOCCOCCOC(=O)C(=C)C. The van der Waals surface area contributed by atoms with Gasteiger partial charge in [0.15, 0.2) is 0 Å². The van der Waals surface area contributed by atoms with Crippen LogP contribution < -0.4 is 0 Å². The molecule has 0 amide bonds. The Hall–Kier alpha value is -0.870. The Morgan fingerprint density at radius 1 is 1.06 bits per heavy atom. The molecule has 0 aliphatic heterocycles. The maximum Gasteiger partial charge on any atom is 0.333 e. The molecule has 0 fully saturated rings. The van der Waals surface area contributed by atoms with Crippen LogP contribution in [0.15, 0.2) is 12.2 Å². The summed E-state index contributed by atoms with van der Waals surface area (Å²) in [5, 5.41) is 0. The first-order valence-corrected chi connectivity index (χ1v) is 5.46. The van der Waals surface area contributed by atoms with Gasteiger partial charge in [-0.15, -0.1) is 0 Å². The molecule has 0 saturated carbocycles. The summed E-state index contributed by atoms with van der Waals surface area (Å²) in [6.07, 6.45) is 1.86. The summed E-state index contributed by atoms with van der Waals surface area (Å²) in [7, 11) is 0. The average molecular weight is 229 g/mol. The predicted octanol–water partition coefficient (Wildman–Crippen LogP) is 1.75. The second-order valence-corrected chi connectivity index (χ2v) is 3.35. The highest BCUT2D eigenvalue weighted by molar-refractivity contribution is 5.86. The summed E-state index contributed by atoms with van der Waals surface area (Å²) < 4.78 is 15.3. The summed E-state index contributed by atoms with van der Waals surface area (Å²) >= 11 is 0. The predicted molar refractivity (Wildman–Crippen MR) is 62.0 cm³/mol. The summed E-state index contributed by atoms with van der Waals surface area (Å²) in [6, 6.07) is 0. The van der Waals surface area contributed by atoms with Gasteiger partial charge in [0, 0.05) is 12.2 Å². The molecular formula is C12H21O4. The van der Waals surface area contributed by atoms with Crippen molar-refractivity contribution >= 4 is 5.97 Å². The van der Waals surface area contributed by atoms with Gasteiger partial charge in [0.1, 0.15) is 6.61 Å². The second-order valence-electron chi connectivity index (χ2n) is 3.35. The molecule has 0 saturated heterocycles. The second kappa shape index (κ2) is 10.6. The Morgan fingerprint density at radius 3 is 2.19 bits per heavy atom. The number of hydrogen-bond donors (Lipinski definition) is 0. The summed E-state index contributed by atoms with van der Waals surface area (Å²) in [5.74, 6) is -0.379. The molecule has 4 heteroatoms. The fourth-order valence-corrected chi connectivity index (χ4v) is 0.843. The fourth-order valence-electron chi connectivity index (χ4n) is 0.843. The third-order valence-electron chi connectivity index (χ3n) is 1.72. The van der Waals surface area contributed by atoms with Gasteiger partial charge in [-0.3, -0.25) is 0 Å². The minimum atomic E-state index is -0.379. The third kappa shape index (κ3) is 9.68. The van der Waals surface area contributed by atoms with E-state index in [1.54, 1.807) is 6.92 Å². The van der Waals surface area contributed by atoms with Crippen molar-refractivity contribution in [3.63, 3.8) is 0 Å². The molecule has 0 aliphatic rings. The van der Waals surface area contributed by atoms with E-state index in [0.717, 1.165) is 19.4 Å². The highest BCUT2D eigenvalue weighted by atomic mass is 16.6. The minimum absolute atomic E-state index is 0.255. The van der Waals surface area contributed by atoms with Crippen LogP contribution in [0.5, 0.6) is 0 Å². The Morgan fingerprint density at radius 2 is 1.62 bits per heavy atom. The molecule has 0 aromatic heterocycles. The number of rotatable bonds is 10. The third-order valence-corrected chi connectivity index (χ3v) is 1.72. The van der Waals surface area contributed by atoms with Crippen molar-refractivity contribution in [3.8, 4) is 0 Å². The monoisotopic (exact) mass is 229 g/mol. The maximum atomic E-state index is 10.9. The largest absolute Gasteiger partial charge is 0.460 e.